The van der Waals surface area contributed by atoms with Gasteiger partial charge in [-0.2, -0.15) is 0 Å². The molecule has 166 valence electrons. The Kier molecular flexibility index (Phi) is 4.64. The monoisotopic (exact) mass is 496 g/mol. The molecular formula is C24H25BrN4O3. The predicted molar refractivity (Wildman–Crippen MR) is 127 cm³/mol. The Morgan fingerprint density at radius 3 is 2.66 bits per heavy atom. The average molecular weight is 497 g/mol. The Morgan fingerprint density at radius 2 is 1.97 bits per heavy atom. The summed E-state index contributed by atoms with van der Waals surface area (Å²) >= 11 is 3.67. The molecule has 8 heteroatoms. The predicted octanol–water partition coefficient (Wildman–Crippen LogP) is 4.85. The number of nitrogens with zero attached hydrogens (tertiary/aromatic N) is 3. The smallest absolute Gasteiger partial charge is 0.410 e. The molecule has 1 spiro atoms. The number of H-pyrrole nitrogens is 1. The van der Waals surface area contributed by atoms with Crippen molar-refractivity contribution >= 4 is 44.7 Å². The molecule has 4 heterocycles. The molecule has 2 aromatic heterocycles. The van der Waals surface area contributed by atoms with Crippen molar-refractivity contribution < 1.29 is 14.3 Å². The largest absolute Gasteiger partial charge is 0.444 e. The average Bonchev–Trinajstić information content (AvgIpc) is 3.38. The zero-order chi connectivity index (χ0) is 22.8. The number of hydrogen-bond acceptors (Lipinski definition) is 4. The van der Waals surface area contributed by atoms with Crippen LogP contribution in [-0.4, -0.2) is 52.6 Å². The van der Waals surface area contributed by atoms with Gasteiger partial charge >= 0.3 is 6.09 Å². The van der Waals surface area contributed by atoms with Gasteiger partial charge in [-0.1, -0.05) is 30.3 Å². The van der Waals surface area contributed by atoms with E-state index in [-0.39, 0.29) is 18.5 Å². The minimum absolute atomic E-state index is 0.0100. The van der Waals surface area contributed by atoms with Gasteiger partial charge in [-0.15, -0.1) is 0 Å². The molecule has 0 aliphatic carbocycles. The van der Waals surface area contributed by atoms with Gasteiger partial charge in [0.25, 0.3) is 0 Å². The maximum atomic E-state index is 13.6. The van der Waals surface area contributed by atoms with Crippen LogP contribution in [0.4, 0.5) is 10.5 Å². The number of nitrogens with one attached hydrogen (secondary N) is 1. The molecule has 2 aliphatic rings. The van der Waals surface area contributed by atoms with Crippen LogP contribution in [0, 0.1) is 0 Å². The van der Waals surface area contributed by atoms with Crippen LogP contribution in [0.3, 0.4) is 0 Å². The van der Waals surface area contributed by atoms with Crippen LogP contribution in [0.25, 0.3) is 22.2 Å². The lowest BCUT2D eigenvalue weighted by molar-refractivity contribution is -0.122. The van der Waals surface area contributed by atoms with Gasteiger partial charge in [0, 0.05) is 36.7 Å². The number of halogens is 1. The molecule has 32 heavy (non-hydrogen) atoms. The first-order valence-electron chi connectivity index (χ1n) is 10.6. The Balaban J connectivity index is 1.69. The zero-order valence-corrected chi connectivity index (χ0v) is 20.1. The van der Waals surface area contributed by atoms with Crippen molar-refractivity contribution in [2.24, 2.45) is 0 Å². The Bertz CT molecular complexity index is 1250. The van der Waals surface area contributed by atoms with Gasteiger partial charge in [0.2, 0.25) is 5.91 Å². The highest BCUT2D eigenvalue weighted by Gasteiger charge is 2.56. The molecule has 7 nitrogen and oxygen atoms in total. The minimum atomic E-state index is -0.826. The molecule has 2 aliphatic heterocycles. The second kappa shape index (κ2) is 7.07. The molecule has 1 unspecified atom stereocenters. The summed E-state index contributed by atoms with van der Waals surface area (Å²) in [6.45, 7) is 6.29. The summed E-state index contributed by atoms with van der Waals surface area (Å²) in [5.74, 6) is -0.0100. The van der Waals surface area contributed by atoms with Crippen molar-refractivity contribution in [2.45, 2.75) is 38.2 Å². The maximum absolute atomic E-state index is 13.6. The molecule has 1 fully saturated rings. The van der Waals surface area contributed by atoms with E-state index in [9.17, 15) is 9.59 Å². The molecule has 3 aromatic rings. The highest BCUT2D eigenvalue weighted by Crippen LogP contribution is 2.52. The molecule has 1 N–H and O–H groups in total. The van der Waals surface area contributed by atoms with E-state index in [4.69, 9.17) is 4.74 Å². The maximum Gasteiger partial charge on any atom is 0.410 e. The molecule has 0 saturated carbocycles. The van der Waals surface area contributed by atoms with Crippen molar-refractivity contribution in [1.82, 2.24) is 14.9 Å². The number of likely N-dealkylation sites (N-methyl/N-ethyl adjacent to an activating group) is 1. The summed E-state index contributed by atoms with van der Waals surface area (Å²) in [6, 6.07) is 10.0. The lowest BCUT2D eigenvalue weighted by Gasteiger charge is -2.26. The van der Waals surface area contributed by atoms with Gasteiger partial charge in [-0.25, -0.2) is 9.78 Å². The lowest BCUT2D eigenvalue weighted by atomic mass is 9.79. The molecular weight excluding hydrogens is 472 g/mol. The number of ether oxygens (including phenoxy) is 1. The van der Waals surface area contributed by atoms with Crippen LogP contribution in [-0.2, 0) is 14.9 Å². The highest BCUT2D eigenvalue weighted by atomic mass is 79.9. The van der Waals surface area contributed by atoms with E-state index in [2.05, 4.69) is 25.9 Å². The SMILES string of the molecule is CN1C(=O)C2(CCN(C(=O)OC(C)(C)C)C2)c2c1cnc1[nH]c(Br)c(-c3ccccc3)c21. The number of amides is 2. The molecule has 0 radical (unpaired) electrons. The Morgan fingerprint density at radius 1 is 1.25 bits per heavy atom. The van der Waals surface area contributed by atoms with Crippen LogP contribution < -0.4 is 4.90 Å². The third-order valence-electron chi connectivity index (χ3n) is 6.29. The molecule has 0 bridgehead atoms. The van der Waals surface area contributed by atoms with Gasteiger partial charge in [0.15, 0.2) is 0 Å². The van der Waals surface area contributed by atoms with E-state index in [1.165, 1.54) is 0 Å². The summed E-state index contributed by atoms with van der Waals surface area (Å²) in [6.07, 6.45) is 1.90. The van der Waals surface area contributed by atoms with Crippen molar-refractivity contribution in [3.8, 4) is 11.1 Å². The number of benzene rings is 1. The number of anilines is 1. The fourth-order valence-electron chi connectivity index (χ4n) is 4.94. The van der Waals surface area contributed by atoms with Crippen molar-refractivity contribution in [2.75, 3.05) is 25.0 Å². The number of aromatic amines is 1. The number of carbonyl (C=O) groups excluding carboxylic acids is 2. The van der Waals surface area contributed by atoms with E-state index in [0.29, 0.717) is 18.6 Å². The van der Waals surface area contributed by atoms with Gasteiger partial charge < -0.3 is 19.5 Å². The number of carbonyl (C=O) groups is 2. The third-order valence-corrected chi connectivity index (χ3v) is 6.89. The summed E-state index contributed by atoms with van der Waals surface area (Å²) in [7, 11) is 1.78. The number of fused-ring (bicyclic) bond motifs is 4. The van der Waals surface area contributed by atoms with Gasteiger partial charge in [-0.05, 0) is 48.7 Å². The van der Waals surface area contributed by atoms with E-state index in [1.54, 1.807) is 23.0 Å². The fourth-order valence-corrected chi connectivity index (χ4v) is 5.55. The molecule has 1 aromatic carbocycles. The first kappa shape index (κ1) is 21.0. The quantitative estimate of drug-likeness (QED) is 0.522. The first-order chi connectivity index (χ1) is 15.1. The van der Waals surface area contributed by atoms with E-state index in [1.807, 2.05) is 51.1 Å². The number of hydrogen-bond donors (Lipinski definition) is 1. The first-order valence-corrected chi connectivity index (χ1v) is 11.4. The van der Waals surface area contributed by atoms with Gasteiger partial charge in [0.05, 0.1) is 21.9 Å². The van der Waals surface area contributed by atoms with Crippen LogP contribution in [0.1, 0.15) is 32.8 Å². The second-order valence-electron chi connectivity index (χ2n) is 9.52. The topological polar surface area (TPSA) is 78.5 Å². The summed E-state index contributed by atoms with van der Waals surface area (Å²) in [4.78, 5) is 37.7. The van der Waals surface area contributed by atoms with Crippen molar-refractivity contribution in [3.05, 3.63) is 46.7 Å². The fraction of sp³-hybridized carbons (Fsp3) is 0.375. The minimum Gasteiger partial charge on any atom is -0.444 e. The summed E-state index contributed by atoms with van der Waals surface area (Å²) in [5, 5.41) is 0.921. The van der Waals surface area contributed by atoms with Crippen molar-refractivity contribution in [3.63, 3.8) is 0 Å². The van der Waals surface area contributed by atoms with Crippen LogP contribution in [0.15, 0.2) is 41.1 Å². The number of likely N-dealkylation sites (tertiary alicyclic amines) is 1. The summed E-state index contributed by atoms with van der Waals surface area (Å²) < 4.78 is 6.41. The van der Waals surface area contributed by atoms with Gasteiger partial charge in [0.1, 0.15) is 11.2 Å². The van der Waals surface area contributed by atoms with Gasteiger partial charge in [-0.3, -0.25) is 4.79 Å². The molecule has 1 atom stereocenters. The van der Waals surface area contributed by atoms with Crippen molar-refractivity contribution in [1.29, 1.82) is 0 Å². The van der Waals surface area contributed by atoms with E-state index in [0.717, 1.165) is 32.4 Å². The van der Waals surface area contributed by atoms with Crippen LogP contribution in [0.2, 0.25) is 0 Å². The van der Waals surface area contributed by atoms with Crippen LogP contribution in [0.5, 0.6) is 0 Å². The normalized spacial score (nSPS) is 20.5. The number of aromatic nitrogens is 2. The molecule has 5 rings (SSSR count). The lowest BCUT2D eigenvalue weighted by Crippen LogP contribution is -2.43. The Labute approximate surface area is 194 Å². The Hall–Kier alpha value is -2.87. The molecule has 1 saturated heterocycles. The van der Waals surface area contributed by atoms with E-state index >= 15 is 0 Å². The highest BCUT2D eigenvalue weighted by molar-refractivity contribution is 9.10. The number of pyridine rings is 1. The molecule has 2 amide bonds. The standard InChI is InChI=1S/C24H25BrN4O3/c1-23(2,3)32-22(31)29-11-10-24(13-29)18-15(28(4)21(24)30)12-26-20-17(18)16(19(25)27-20)14-8-6-5-7-9-14/h5-9,12H,10-11,13H2,1-4H3,(H,26,27). The second-order valence-corrected chi connectivity index (χ2v) is 10.3. The summed E-state index contributed by atoms with van der Waals surface area (Å²) in [5.41, 5.74) is 3.02. The van der Waals surface area contributed by atoms with E-state index < -0.39 is 11.0 Å². The third kappa shape index (κ3) is 3.03. The zero-order valence-electron chi connectivity index (χ0n) is 18.5. The van der Waals surface area contributed by atoms with Crippen LogP contribution >= 0.6 is 15.9 Å². The number of rotatable bonds is 1.